The molecule has 0 heterocycles. The van der Waals surface area contributed by atoms with Crippen molar-refractivity contribution in [3.63, 3.8) is 0 Å². The molecule has 10 heavy (non-hydrogen) atoms. The second-order valence-corrected chi connectivity index (χ2v) is 3.37. The molecular formula is C7H7Cl2Zn. The monoisotopic (exact) mass is 225 g/mol. The number of hydrogen-bond donors (Lipinski definition) is 0. The van der Waals surface area contributed by atoms with Crippen LogP contribution in [0.5, 0.6) is 0 Å². The number of rotatable bonds is 1. The van der Waals surface area contributed by atoms with E-state index >= 15 is 0 Å². The Balaban J connectivity index is 0.000000810. The standard InChI is InChI=1S/C7H6Cl.ClH.Zn/c1-6-3-2-4-7(8)5-6;;/h2-5H,1H2;1H;. The molecule has 0 spiro atoms. The van der Waals surface area contributed by atoms with Gasteiger partial charge < -0.3 is 0 Å². The number of hydrogen-bond acceptors (Lipinski definition) is 0. The van der Waals surface area contributed by atoms with Gasteiger partial charge in [-0.25, -0.2) is 0 Å². The van der Waals surface area contributed by atoms with E-state index in [1.807, 2.05) is 18.2 Å². The summed E-state index contributed by atoms with van der Waals surface area (Å²) >= 11 is 7.04. The van der Waals surface area contributed by atoms with Crippen LogP contribution in [0.4, 0.5) is 0 Å². The van der Waals surface area contributed by atoms with Crippen molar-refractivity contribution >= 4 is 24.0 Å². The van der Waals surface area contributed by atoms with Gasteiger partial charge in [0.15, 0.2) is 0 Å². The third kappa shape index (κ3) is 3.01. The topological polar surface area (TPSA) is 0 Å². The molecule has 3 heteroatoms. The van der Waals surface area contributed by atoms with Crippen molar-refractivity contribution in [2.45, 2.75) is 5.02 Å². The molecule has 0 atom stereocenters. The van der Waals surface area contributed by atoms with E-state index in [9.17, 15) is 0 Å². The van der Waals surface area contributed by atoms with Gasteiger partial charge in [-0.15, -0.1) is 12.4 Å². The van der Waals surface area contributed by atoms with Gasteiger partial charge in [-0.1, -0.05) is 0 Å². The Morgan fingerprint density at radius 1 is 1.40 bits per heavy atom. The zero-order chi connectivity index (χ0) is 6.69. The SMILES string of the molecule is Cl.Clc1cccc([CH2][Zn])c1. The Morgan fingerprint density at radius 3 is 2.50 bits per heavy atom. The third-order valence-corrected chi connectivity index (χ3v) is 2.62. The fourth-order valence-electron chi connectivity index (χ4n) is 0.692. The summed E-state index contributed by atoms with van der Waals surface area (Å²) in [4.78, 5) is 0. The van der Waals surface area contributed by atoms with Crippen molar-refractivity contribution in [2.24, 2.45) is 0 Å². The van der Waals surface area contributed by atoms with Crippen LogP contribution in [0.3, 0.4) is 0 Å². The van der Waals surface area contributed by atoms with E-state index in [2.05, 4.69) is 6.07 Å². The molecule has 0 saturated heterocycles. The maximum atomic E-state index is 5.74. The van der Waals surface area contributed by atoms with Crippen molar-refractivity contribution in [3.05, 3.63) is 34.9 Å². The Morgan fingerprint density at radius 2 is 2.10 bits per heavy atom. The molecule has 0 bridgehead atoms. The molecule has 1 aromatic carbocycles. The average Bonchev–Trinajstić information content (AvgIpc) is 1.88. The molecule has 51 valence electrons. The van der Waals surface area contributed by atoms with Gasteiger partial charge >= 0.3 is 69.8 Å². The van der Waals surface area contributed by atoms with Crippen molar-refractivity contribution in [2.75, 3.05) is 0 Å². The molecule has 0 unspecified atom stereocenters. The second kappa shape index (κ2) is 5.12. The fraction of sp³-hybridized carbons (Fsp3) is 0.143. The van der Waals surface area contributed by atoms with Gasteiger partial charge in [-0.2, -0.15) is 0 Å². The predicted molar refractivity (Wildman–Crippen MR) is 42.4 cm³/mol. The van der Waals surface area contributed by atoms with Crippen molar-refractivity contribution < 1.29 is 18.3 Å². The van der Waals surface area contributed by atoms with E-state index in [0.717, 1.165) is 5.02 Å². The number of halogens is 2. The van der Waals surface area contributed by atoms with Crippen molar-refractivity contribution in [1.29, 1.82) is 0 Å². The molecule has 0 saturated carbocycles. The van der Waals surface area contributed by atoms with Crippen LogP contribution in [0.25, 0.3) is 0 Å². The van der Waals surface area contributed by atoms with E-state index in [-0.39, 0.29) is 12.4 Å². The van der Waals surface area contributed by atoms with Gasteiger partial charge in [0.1, 0.15) is 0 Å². The van der Waals surface area contributed by atoms with Gasteiger partial charge in [0.25, 0.3) is 0 Å². The first-order valence-corrected chi connectivity index (χ1v) is 5.34. The Labute approximate surface area is 82.1 Å². The fourth-order valence-corrected chi connectivity index (χ4v) is 1.56. The summed E-state index contributed by atoms with van der Waals surface area (Å²) in [5.41, 5.74) is 1.35. The molecule has 0 aromatic heterocycles. The summed E-state index contributed by atoms with van der Waals surface area (Å²) < 4.78 is 0. The van der Waals surface area contributed by atoms with Gasteiger partial charge in [-0.05, 0) is 0 Å². The molecule has 0 N–H and O–H groups in total. The van der Waals surface area contributed by atoms with Crippen LogP contribution in [0.15, 0.2) is 24.3 Å². The van der Waals surface area contributed by atoms with E-state index in [4.69, 9.17) is 11.6 Å². The molecule has 1 aromatic rings. The van der Waals surface area contributed by atoms with E-state index in [1.165, 1.54) is 28.9 Å². The molecule has 0 nitrogen and oxygen atoms in total. The second-order valence-electron chi connectivity index (χ2n) is 1.88. The molecule has 0 aliphatic heterocycles. The van der Waals surface area contributed by atoms with Gasteiger partial charge in [0, 0.05) is 0 Å². The average molecular weight is 227 g/mol. The number of benzene rings is 1. The maximum absolute atomic E-state index is 5.74. The summed E-state index contributed by atoms with van der Waals surface area (Å²) in [5.74, 6) is 0. The van der Waals surface area contributed by atoms with E-state index in [1.54, 1.807) is 0 Å². The zero-order valence-electron chi connectivity index (χ0n) is 5.51. The Hall–Kier alpha value is 0.423. The van der Waals surface area contributed by atoms with Crippen LogP contribution >= 0.6 is 24.0 Å². The van der Waals surface area contributed by atoms with Crippen LogP contribution < -0.4 is 0 Å². The summed E-state index contributed by atoms with van der Waals surface area (Å²) in [6.07, 6.45) is 0. The minimum absolute atomic E-state index is 0. The normalized spacial score (nSPS) is 8.70. The molecule has 0 radical (unpaired) electrons. The Kier molecular flexibility index (Phi) is 5.34. The summed E-state index contributed by atoms with van der Waals surface area (Å²) in [5, 5.41) is 2.03. The van der Waals surface area contributed by atoms with E-state index in [0.29, 0.717) is 0 Å². The summed E-state index contributed by atoms with van der Waals surface area (Å²) in [6, 6.07) is 8.02. The van der Waals surface area contributed by atoms with Gasteiger partial charge in [0.2, 0.25) is 0 Å². The van der Waals surface area contributed by atoms with Crippen LogP contribution in [0.2, 0.25) is 5.02 Å². The van der Waals surface area contributed by atoms with Crippen LogP contribution in [0.1, 0.15) is 5.56 Å². The third-order valence-electron chi connectivity index (χ3n) is 1.18. The minimum atomic E-state index is 0. The van der Waals surface area contributed by atoms with Gasteiger partial charge in [0.05, 0.1) is 0 Å². The predicted octanol–water partition coefficient (Wildman–Crippen LogP) is 2.81. The van der Waals surface area contributed by atoms with Crippen LogP contribution in [0, 0.1) is 0 Å². The van der Waals surface area contributed by atoms with Crippen LogP contribution in [-0.2, 0) is 23.3 Å². The molecule has 0 aliphatic rings. The van der Waals surface area contributed by atoms with Crippen molar-refractivity contribution in [1.82, 2.24) is 0 Å². The molecular weight excluding hydrogens is 220 g/mol. The quantitative estimate of drug-likeness (QED) is 0.647. The van der Waals surface area contributed by atoms with E-state index < -0.39 is 0 Å². The molecule has 1 rings (SSSR count). The molecule has 0 fully saturated rings. The summed E-state index contributed by atoms with van der Waals surface area (Å²) in [7, 11) is 0. The summed E-state index contributed by atoms with van der Waals surface area (Å²) in [6.45, 7) is 0. The van der Waals surface area contributed by atoms with Crippen molar-refractivity contribution in [3.8, 4) is 0 Å². The Bertz CT molecular complexity index is 201. The first-order chi connectivity index (χ1) is 4.33. The van der Waals surface area contributed by atoms with Crippen LogP contribution in [-0.4, -0.2) is 0 Å². The first-order valence-electron chi connectivity index (χ1n) is 2.86. The van der Waals surface area contributed by atoms with Gasteiger partial charge in [-0.3, -0.25) is 0 Å². The zero-order valence-corrected chi connectivity index (χ0v) is 10.0. The molecule has 0 aliphatic carbocycles. The first kappa shape index (κ1) is 10.4. The molecule has 0 amide bonds.